The summed E-state index contributed by atoms with van der Waals surface area (Å²) >= 11 is 0. The van der Waals surface area contributed by atoms with E-state index in [1.165, 1.54) is 0 Å². The van der Waals surface area contributed by atoms with Crippen LogP contribution in [0.25, 0.3) is 21.8 Å². The molecule has 0 unspecified atom stereocenters. The molecule has 0 aliphatic carbocycles. The van der Waals surface area contributed by atoms with Crippen molar-refractivity contribution in [3.63, 3.8) is 0 Å². The third-order valence-corrected chi connectivity index (χ3v) is 5.83. The van der Waals surface area contributed by atoms with Gasteiger partial charge in [-0.2, -0.15) is 0 Å². The molecule has 152 valence electrons. The lowest BCUT2D eigenvalue weighted by Gasteiger charge is -2.32. The minimum atomic E-state index is -0.389. The van der Waals surface area contributed by atoms with E-state index in [0.29, 0.717) is 22.8 Å². The predicted octanol–water partition coefficient (Wildman–Crippen LogP) is 5.26. The molecule has 2 heterocycles. The van der Waals surface area contributed by atoms with E-state index in [1.54, 1.807) is 6.07 Å². The van der Waals surface area contributed by atoms with Gasteiger partial charge in [0.2, 0.25) is 5.52 Å². The van der Waals surface area contributed by atoms with Crippen molar-refractivity contribution in [2.75, 3.05) is 23.3 Å². The second-order valence-corrected chi connectivity index (χ2v) is 7.87. The van der Waals surface area contributed by atoms with Gasteiger partial charge in [0.15, 0.2) is 5.52 Å². The van der Waals surface area contributed by atoms with Gasteiger partial charge in [-0.25, -0.2) is 4.63 Å². The number of anilines is 3. The van der Waals surface area contributed by atoms with Crippen LogP contribution >= 0.6 is 0 Å². The Morgan fingerprint density at radius 2 is 1.80 bits per heavy atom. The molecule has 0 spiro atoms. The maximum atomic E-state index is 11.9. The number of nitrogens with zero attached hydrogens (tertiary/aromatic N) is 4. The fraction of sp³-hybridized carbons (Fsp3) is 0.273. The number of nitro benzene ring substituents is 1. The molecule has 3 aromatic carbocycles. The molecule has 1 fully saturated rings. The van der Waals surface area contributed by atoms with E-state index in [-0.39, 0.29) is 16.1 Å². The first-order valence-electron chi connectivity index (χ1n) is 10.0. The molecule has 1 saturated heterocycles. The van der Waals surface area contributed by atoms with Gasteiger partial charge in [-0.05, 0) is 58.0 Å². The summed E-state index contributed by atoms with van der Waals surface area (Å²) in [4.78, 5) is 13.6. The lowest BCUT2D eigenvalue weighted by Crippen LogP contribution is -2.33. The van der Waals surface area contributed by atoms with Crippen molar-refractivity contribution < 1.29 is 9.55 Å². The van der Waals surface area contributed by atoms with E-state index < -0.39 is 0 Å². The molecule has 1 aromatic heterocycles. The Kier molecular flexibility index (Phi) is 4.46. The molecule has 5 rings (SSSR count). The number of fused-ring (bicyclic) bond motifs is 2. The summed E-state index contributed by atoms with van der Waals surface area (Å²) in [7, 11) is 0. The van der Waals surface area contributed by atoms with E-state index in [9.17, 15) is 10.1 Å². The molecule has 8 heteroatoms. The Bertz CT molecular complexity index is 1240. The Labute approximate surface area is 172 Å². The van der Waals surface area contributed by atoms with Gasteiger partial charge in [-0.15, -0.1) is 0 Å². The summed E-state index contributed by atoms with van der Waals surface area (Å²) in [6.45, 7) is 3.76. The van der Waals surface area contributed by atoms with Crippen LogP contribution in [0.1, 0.15) is 19.8 Å². The molecular formula is C22H21N5O3. The van der Waals surface area contributed by atoms with Gasteiger partial charge in [0.05, 0.1) is 10.6 Å². The van der Waals surface area contributed by atoms with Gasteiger partial charge >= 0.3 is 5.69 Å². The summed E-state index contributed by atoms with van der Waals surface area (Å²) in [5.74, 6) is 0.618. The third kappa shape index (κ3) is 3.20. The lowest BCUT2D eigenvalue weighted by atomic mass is 9.98. The van der Waals surface area contributed by atoms with Crippen molar-refractivity contribution in [1.82, 2.24) is 10.3 Å². The highest BCUT2D eigenvalue weighted by molar-refractivity contribution is 6.01. The number of hydrogen-bond donors (Lipinski definition) is 1. The Balaban J connectivity index is 1.61. The van der Waals surface area contributed by atoms with Crippen LogP contribution in [0.5, 0.6) is 0 Å². The maximum Gasteiger partial charge on any atom is 0.323 e. The Morgan fingerprint density at radius 3 is 2.57 bits per heavy atom. The number of aromatic nitrogens is 2. The first-order valence-corrected chi connectivity index (χ1v) is 10.0. The van der Waals surface area contributed by atoms with Crippen molar-refractivity contribution in [3.8, 4) is 0 Å². The fourth-order valence-electron chi connectivity index (χ4n) is 4.10. The first-order chi connectivity index (χ1) is 14.6. The highest BCUT2D eigenvalue weighted by Gasteiger charge is 2.30. The molecule has 0 amide bonds. The van der Waals surface area contributed by atoms with Gasteiger partial charge in [0, 0.05) is 18.8 Å². The normalized spacial score (nSPS) is 15.0. The zero-order valence-electron chi connectivity index (χ0n) is 16.5. The van der Waals surface area contributed by atoms with Crippen molar-refractivity contribution >= 4 is 44.6 Å². The zero-order chi connectivity index (χ0) is 20.7. The highest BCUT2D eigenvalue weighted by atomic mass is 16.6. The molecule has 0 bridgehead atoms. The van der Waals surface area contributed by atoms with Gasteiger partial charge < -0.3 is 10.2 Å². The standard InChI is InChI=1S/C22H21N5O3/c1-14-8-10-26(11-9-14)19-13-18(20-21(25-30-24-20)22(19)27(28)29)23-17-7-6-15-4-2-3-5-16(15)12-17/h2-7,12-14,23H,8-11H2,1H3. The van der Waals surface area contributed by atoms with Crippen LogP contribution < -0.4 is 10.2 Å². The minimum Gasteiger partial charge on any atom is -0.366 e. The summed E-state index contributed by atoms with van der Waals surface area (Å²) < 4.78 is 4.90. The highest BCUT2D eigenvalue weighted by Crippen LogP contribution is 2.41. The molecular weight excluding hydrogens is 382 g/mol. The second kappa shape index (κ2) is 7.29. The largest absolute Gasteiger partial charge is 0.366 e. The number of hydrogen-bond acceptors (Lipinski definition) is 7. The Hall–Kier alpha value is -3.68. The number of nitrogens with one attached hydrogen (secondary N) is 1. The lowest BCUT2D eigenvalue weighted by molar-refractivity contribution is -0.382. The zero-order valence-corrected chi connectivity index (χ0v) is 16.5. The van der Waals surface area contributed by atoms with Crippen LogP contribution in [0.3, 0.4) is 0 Å². The van der Waals surface area contributed by atoms with Crippen LogP contribution in [0.15, 0.2) is 53.2 Å². The quantitative estimate of drug-likeness (QED) is 0.366. The molecule has 8 nitrogen and oxygen atoms in total. The number of piperidine rings is 1. The maximum absolute atomic E-state index is 11.9. The topological polar surface area (TPSA) is 97.3 Å². The van der Waals surface area contributed by atoms with Crippen LogP contribution in [0.4, 0.5) is 22.7 Å². The van der Waals surface area contributed by atoms with E-state index >= 15 is 0 Å². The average Bonchev–Trinajstić information content (AvgIpc) is 3.23. The van der Waals surface area contributed by atoms with Gasteiger partial charge in [-0.1, -0.05) is 37.3 Å². The molecule has 1 N–H and O–H groups in total. The van der Waals surface area contributed by atoms with E-state index in [0.717, 1.165) is 42.4 Å². The average molecular weight is 403 g/mol. The molecule has 0 atom stereocenters. The minimum absolute atomic E-state index is 0.0511. The van der Waals surface area contributed by atoms with Crippen molar-refractivity contribution in [2.45, 2.75) is 19.8 Å². The SMILES string of the molecule is CC1CCN(c2cc(Nc3ccc4ccccc4c3)c3nonc3c2[N+](=O)[O-])CC1. The van der Waals surface area contributed by atoms with Crippen molar-refractivity contribution in [2.24, 2.45) is 5.92 Å². The third-order valence-electron chi connectivity index (χ3n) is 5.83. The van der Waals surface area contributed by atoms with E-state index in [1.807, 2.05) is 36.4 Å². The van der Waals surface area contributed by atoms with E-state index in [4.69, 9.17) is 4.63 Å². The fourth-order valence-corrected chi connectivity index (χ4v) is 4.10. The van der Waals surface area contributed by atoms with Gasteiger partial charge in [-0.3, -0.25) is 10.1 Å². The summed E-state index contributed by atoms with van der Waals surface area (Å²) in [6.07, 6.45) is 2.00. The summed E-state index contributed by atoms with van der Waals surface area (Å²) in [5.41, 5.74) is 2.53. The molecule has 1 aliphatic rings. The molecule has 4 aromatic rings. The van der Waals surface area contributed by atoms with Crippen molar-refractivity contribution in [3.05, 3.63) is 58.6 Å². The molecule has 0 radical (unpaired) electrons. The molecule has 30 heavy (non-hydrogen) atoms. The number of nitro groups is 1. The van der Waals surface area contributed by atoms with Crippen LogP contribution in [-0.2, 0) is 0 Å². The Morgan fingerprint density at radius 1 is 1.07 bits per heavy atom. The number of benzene rings is 3. The van der Waals surface area contributed by atoms with Gasteiger partial charge in [0.1, 0.15) is 5.69 Å². The monoisotopic (exact) mass is 403 g/mol. The van der Waals surface area contributed by atoms with Gasteiger partial charge in [0.25, 0.3) is 0 Å². The molecule has 1 aliphatic heterocycles. The van der Waals surface area contributed by atoms with Crippen LogP contribution in [0.2, 0.25) is 0 Å². The van der Waals surface area contributed by atoms with Crippen molar-refractivity contribution in [1.29, 1.82) is 0 Å². The summed E-state index contributed by atoms with van der Waals surface area (Å²) in [5, 5.41) is 25.3. The van der Waals surface area contributed by atoms with Crippen LogP contribution in [0, 0.1) is 16.0 Å². The first kappa shape index (κ1) is 18.4. The predicted molar refractivity (Wildman–Crippen MR) is 116 cm³/mol. The summed E-state index contributed by atoms with van der Waals surface area (Å²) in [6, 6.07) is 16.0. The smallest absolute Gasteiger partial charge is 0.323 e. The van der Waals surface area contributed by atoms with Crippen LogP contribution in [-0.4, -0.2) is 28.3 Å². The number of rotatable bonds is 4. The van der Waals surface area contributed by atoms with E-state index in [2.05, 4.69) is 33.5 Å². The second-order valence-electron chi connectivity index (χ2n) is 7.87. The molecule has 0 saturated carbocycles.